The number of ether oxygens (including phenoxy) is 3. The number of nitrogens with zero attached hydrogens (tertiary/aromatic N) is 1. The predicted molar refractivity (Wildman–Crippen MR) is 105 cm³/mol. The summed E-state index contributed by atoms with van der Waals surface area (Å²) in [5.41, 5.74) is 1.15. The minimum Gasteiger partial charge on any atom is -0.497 e. The number of rotatable bonds is 8. The second kappa shape index (κ2) is 9.08. The molecule has 2 aromatic carbocycles. The third-order valence-electron chi connectivity index (χ3n) is 4.32. The molecule has 0 atom stereocenters. The van der Waals surface area contributed by atoms with Gasteiger partial charge in [-0.15, -0.1) is 0 Å². The van der Waals surface area contributed by atoms with Gasteiger partial charge in [0.05, 0.1) is 19.3 Å². The second-order valence-electron chi connectivity index (χ2n) is 6.23. The SMILES string of the molecule is COc1ccc(OCCn2ccc(=O)c(OCc3cccc(F)c3)c2C)cc1. The summed E-state index contributed by atoms with van der Waals surface area (Å²) >= 11 is 0. The van der Waals surface area contributed by atoms with E-state index >= 15 is 0 Å². The smallest absolute Gasteiger partial charge is 0.223 e. The topological polar surface area (TPSA) is 49.7 Å². The van der Waals surface area contributed by atoms with Gasteiger partial charge in [0.25, 0.3) is 0 Å². The minimum absolute atomic E-state index is 0.125. The first-order valence-corrected chi connectivity index (χ1v) is 8.91. The number of halogens is 1. The van der Waals surface area contributed by atoms with Gasteiger partial charge < -0.3 is 18.8 Å². The number of hydrogen-bond donors (Lipinski definition) is 0. The van der Waals surface area contributed by atoms with Crippen LogP contribution in [0.3, 0.4) is 0 Å². The highest BCUT2D eigenvalue weighted by Crippen LogP contribution is 2.18. The lowest BCUT2D eigenvalue weighted by molar-refractivity contribution is 0.282. The van der Waals surface area contributed by atoms with Crippen LogP contribution in [0.25, 0.3) is 0 Å². The number of methoxy groups -OCH3 is 1. The first kappa shape index (κ1) is 19.5. The molecule has 0 radical (unpaired) electrons. The van der Waals surface area contributed by atoms with Gasteiger partial charge in [0, 0.05) is 12.3 Å². The van der Waals surface area contributed by atoms with Gasteiger partial charge in [0.1, 0.15) is 30.5 Å². The van der Waals surface area contributed by atoms with Crippen LogP contribution < -0.4 is 19.6 Å². The van der Waals surface area contributed by atoms with Gasteiger partial charge in [-0.3, -0.25) is 4.79 Å². The second-order valence-corrected chi connectivity index (χ2v) is 6.23. The maximum absolute atomic E-state index is 13.3. The van der Waals surface area contributed by atoms with E-state index in [9.17, 15) is 9.18 Å². The quantitative estimate of drug-likeness (QED) is 0.591. The summed E-state index contributed by atoms with van der Waals surface area (Å²) in [5.74, 6) is 1.43. The van der Waals surface area contributed by atoms with Crippen LogP contribution >= 0.6 is 0 Å². The van der Waals surface area contributed by atoms with Crippen LogP contribution in [-0.4, -0.2) is 18.3 Å². The van der Waals surface area contributed by atoms with Gasteiger partial charge in [-0.1, -0.05) is 12.1 Å². The molecule has 0 bridgehead atoms. The maximum atomic E-state index is 13.3. The normalized spacial score (nSPS) is 10.5. The predicted octanol–water partition coefficient (Wildman–Crippen LogP) is 3.96. The fraction of sp³-hybridized carbons (Fsp3) is 0.227. The molecular formula is C22H22FNO4. The Balaban J connectivity index is 1.63. The van der Waals surface area contributed by atoms with E-state index in [1.807, 2.05) is 35.8 Å². The van der Waals surface area contributed by atoms with Crippen molar-refractivity contribution < 1.29 is 18.6 Å². The molecule has 3 aromatic rings. The van der Waals surface area contributed by atoms with E-state index in [-0.39, 0.29) is 23.6 Å². The summed E-state index contributed by atoms with van der Waals surface area (Å²) in [7, 11) is 1.61. The zero-order valence-electron chi connectivity index (χ0n) is 15.9. The van der Waals surface area contributed by atoms with Crippen LogP contribution in [0.2, 0.25) is 0 Å². The monoisotopic (exact) mass is 383 g/mol. The van der Waals surface area contributed by atoms with Crippen LogP contribution in [0.15, 0.2) is 65.6 Å². The molecule has 0 aliphatic carbocycles. The Hall–Kier alpha value is -3.28. The van der Waals surface area contributed by atoms with Crippen LogP contribution in [-0.2, 0) is 13.2 Å². The van der Waals surface area contributed by atoms with Crippen molar-refractivity contribution in [1.29, 1.82) is 0 Å². The number of aromatic nitrogens is 1. The molecule has 0 fully saturated rings. The highest BCUT2D eigenvalue weighted by molar-refractivity contribution is 5.31. The van der Waals surface area contributed by atoms with Crippen molar-refractivity contribution in [2.24, 2.45) is 0 Å². The van der Waals surface area contributed by atoms with Crippen LogP contribution in [0.1, 0.15) is 11.3 Å². The van der Waals surface area contributed by atoms with Crippen molar-refractivity contribution in [1.82, 2.24) is 4.57 Å². The lowest BCUT2D eigenvalue weighted by atomic mass is 10.2. The highest BCUT2D eigenvalue weighted by atomic mass is 19.1. The van der Waals surface area contributed by atoms with Crippen molar-refractivity contribution in [2.75, 3.05) is 13.7 Å². The van der Waals surface area contributed by atoms with Crippen molar-refractivity contribution in [2.45, 2.75) is 20.1 Å². The Morgan fingerprint density at radius 2 is 1.75 bits per heavy atom. The zero-order chi connectivity index (χ0) is 19.9. The first-order valence-electron chi connectivity index (χ1n) is 8.91. The van der Waals surface area contributed by atoms with Crippen molar-refractivity contribution in [3.8, 4) is 17.2 Å². The fourth-order valence-corrected chi connectivity index (χ4v) is 2.79. The van der Waals surface area contributed by atoms with Crippen molar-refractivity contribution in [3.05, 3.63) is 88.1 Å². The van der Waals surface area contributed by atoms with Gasteiger partial charge in [-0.25, -0.2) is 4.39 Å². The molecular weight excluding hydrogens is 361 g/mol. The number of hydrogen-bond acceptors (Lipinski definition) is 4. The van der Waals surface area contributed by atoms with Gasteiger partial charge in [-0.05, 0) is 48.9 Å². The molecule has 3 rings (SSSR count). The lowest BCUT2D eigenvalue weighted by Gasteiger charge is -2.15. The maximum Gasteiger partial charge on any atom is 0.223 e. The molecule has 146 valence electrons. The van der Waals surface area contributed by atoms with Gasteiger partial charge in [0.2, 0.25) is 5.43 Å². The van der Waals surface area contributed by atoms with Crippen LogP contribution in [0.4, 0.5) is 4.39 Å². The molecule has 0 amide bonds. The molecule has 0 unspecified atom stereocenters. The van der Waals surface area contributed by atoms with Crippen molar-refractivity contribution >= 4 is 0 Å². The molecule has 28 heavy (non-hydrogen) atoms. The molecule has 0 aliphatic rings. The molecule has 6 heteroatoms. The molecule has 0 saturated carbocycles. The Kier molecular flexibility index (Phi) is 6.32. The fourth-order valence-electron chi connectivity index (χ4n) is 2.79. The molecule has 0 spiro atoms. The first-order chi connectivity index (χ1) is 13.6. The number of pyridine rings is 1. The summed E-state index contributed by atoms with van der Waals surface area (Å²) in [5, 5.41) is 0. The Bertz CT molecular complexity index is 983. The van der Waals surface area contributed by atoms with E-state index in [0.717, 1.165) is 11.5 Å². The largest absolute Gasteiger partial charge is 0.497 e. The molecule has 0 N–H and O–H groups in total. The average Bonchev–Trinajstić information content (AvgIpc) is 2.70. The summed E-state index contributed by atoms with van der Waals surface area (Å²) in [6.07, 6.45) is 1.71. The summed E-state index contributed by atoms with van der Waals surface area (Å²) in [4.78, 5) is 12.2. The Labute approximate surface area is 162 Å². The summed E-state index contributed by atoms with van der Waals surface area (Å²) < 4.78 is 31.7. The van der Waals surface area contributed by atoms with Gasteiger partial charge >= 0.3 is 0 Å². The lowest BCUT2D eigenvalue weighted by Crippen LogP contribution is -2.17. The van der Waals surface area contributed by atoms with Gasteiger partial charge in [0.15, 0.2) is 5.75 Å². The van der Waals surface area contributed by atoms with Crippen LogP contribution in [0, 0.1) is 12.7 Å². The third-order valence-corrected chi connectivity index (χ3v) is 4.32. The molecule has 1 aromatic heterocycles. The van der Waals surface area contributed by atoms with E-state index in [1.54, 1.807) is 25.4 Å². The van der Waals surface area contributed by atoms with Crippen molar-refractivity contribution in [3.63, 3.8) is 0 Å². The Morgan fingerprint density at radius 1 is 1.00 bits per heavy atom. The van der Waals surface area contributed by atoms with E-state index in [1.165, 1.54) is 18.2 Å². The molecule has 0 aliphatic heterocycles. The van der Waals surface area contributed by atoms with E-state index in [2.05, 4.69) is 0 Å². The average molecular weight is 383 g/mol. The zero-order valence-corrected chi connectivity index (χ0v) is 15.9. The summed E-state index contributed by atoms with van der Waals surface area (Å²) in [6.45, 7) is 2.92. The highest BCUT2D eigenvalue weighted by Gasteiger charge is 2.09. The number of benzene rings is 2. The molecule has 5 nitrogen and oxygen atoms in total. The Morgan fingerprint density at radius 3 is 2.46 bits per heavy atom. The van der Waals surface area contributed by atoms with Crippen LogP contribution in [0.5, 0.6) is 17.2 Å². The molecule has 0 saturated heterocycles. The van der Waals surface area contributed by atoms with Gasteiger partial charge in [-0.2, -0.15) is 0 Å². The van der Waals surface area contributed by atoms with E-state index < -0.39 is 0 Å². The van der Waals surface area contributed by atoms with E-state index in [4.69, 9.17) is 14.2 Å². The summed E-state index contributed by atoms with van der Waals surface area (Å²) in [6, 6.07) is 14.9. The molecule has 1 heterocycles. The minimum atomic E-state index is -0.334. The van der Waals surface area contributed by atoms with E-state index in [0.29, 0.717) is 24.4 Å². The standard InChI is InChI=1S/C22H22FNO4/c1-16-22(28-15-17-4-3-5-18(23)14-17)21(25)10-11-24(16)12-13-27-20-8-6-19(26-2)7-9-20/h3-11,14H,12-13,15H2,1-2H3. The third kappa shape index (κ3) is 4.91.